The average molecular weight is 230 g/mol. The lowest BCUT2D eigenvalue weighted by atomic mass is 10.4. The number of aliphatic hydroxyl groups is 1. The Bertz CT molecular complexity index is 610. The van der Waals surface area contributed by atoms with Gasteiger partial charge in [0.05, 0.1) is 25.0 Å². The van der Waals surface area contributed by atoms with E-state index in [0.717, 1.165) is 5.69 Å². The van der Waals surface area contributed by atoms with Gasteiger partial charge < -0.3 is 5.11 Å². The van der Waals surface area contributed by atoms with Crippen molar-refractivity contribution in [1.29, 1.82) is 0 Å². The van der Waals surface area contributed by atoms with Gasteiger partial charge in [-0.2, -0.15) is 0 Å². The summed E-state index contributed by atoms with van der Waals surface area (Å²) in [5.41, 5.74) is 1.39. The number of nitrogens with zero attached hydrogens (tertiary/aromatic N) is 6. The van der Waals surface area contributed by atoms with Crippen molar-refractivity contribution in [2.75, 3.05) is 0 Å². The molecule has 0 radical (unpaired) electrons. The van der Waals surface area contributed by atoms with Crippen molar-refractivity contribution in [1.82, 2.24) is 29.4 Å². The molecule has 7 heteroatoms. The molecule has 0 spiro atoms. The molecule has 3 rings (SSSR count). The van der Waals surface area contributed by atoms with Crippen LogP contribution < -0.4 is 0 Å². The van der Waals surface area contributed by atoms with Gasteiger partial charge in [-0.25, -0.2) is 14.6 Å². The van der Waals surface area contributed by atoms with Crippen LogP contribution in [0, 0.1) is 0 Å². The van der Waals surface area contributed by atoms with Crippen molar-refractivity contribution in [3.8, 4) is 0 Å². The summed E-state index contributed by atoms with van der Waals surface area (Å²) in [6.45, 7) is 0.406. The number of fused-ring (bicyclic) bond motifs is 1. The van der Waals surface area contributed by atoms with Gasteiger partial charge in [0.1, 0.15) is 5.69 Å². The molecule has 0 aliphatic carbocycles. The van der Waals surface area contributed by atoms with Gasteiger partial charge in [0, 0.05) is 18.6 Å². The Morgan fingerprint density at radius 2 is 2.18 bits per heavy atom. The highest BCUT2D eigenvalue weighted by Gasteiger charge is 2.04. The molecule has 0 aliphatic rings. The third kappa shape index (κ3) is 1.87. The van der Waals surface area contributed by atoms with E-state index in [1.165, 1.54) is 0 Å². The lowest BCUT2D eigenvalue weighted by molar-refractivity contribution is 0.276. The summed E-state index contributed by atoms with van der Waals surface area (Å²) < 4.78 is 3.48. The molecule has 3 aromatic heterocycles. The zero-order valence-electron chi connectivity index (χ0n) is 8.93. The quantitative estimate of drug-likeness (QED) is 0.677. The van der Waals surface area contributed by atoms with Crippen LogP contribution in [0.4, 0.5) is 0 Å². The molecule has 7 nitrogen and oxygen atoms in total. The lowest BCUT2D eigenvalue weighted by Crippen LogP contribution is -2.00. The van der Waals surface area contributed by atoms with Crippen molar-refractivity contribution in [2.45, 2.75) is 13.2 Å². The topological polar surface area (TPSA) is 81.1 Å². The number of rotatable bonds is 3. The van der Waals surface area contributed by atoms with E-state index in [1.54, 1.807) is 17.1 Å². The highest BCUT2D eigenvalue weighted by atomic mass is 16.3. The van der Waals surface area contributed by atoms with E-state index in [4.69, 9.17) is 5.11 Å². The predicted octanol–water partition coefficient (Wildman–Crippen LogP) is -0.139. The second-order valence-corrected chi connectivity index (χ2v) is 3.62. The first-order valence-corrected chi connectivity index (χ1v) is 5.13. The molecule has 0 saturated carbocycles. The first-order chi connectivity index (χ1) is 8.35. The van der Waals surface area contributed by atoms with E-state index in [9.17, 15) is 0 Å². The van der Waals surface area contributed by atoms with Gasteiger partial charge in [-0.3, -0.25) is 4.40 Å². The van der Waals surface area contributed by atoms with Crippen LogP contribution in [0.2, 0.25) is 0 Å². The van der Waals surface area contributed by atoms with Gasteiger partial charge >= 0.3 is 0 Å². The molecule has 0 aromatic carbocycles. The van der Waals surface area contributed by atoms with Gasteiger partial charge in [0.25, 0.3) is 0 Å². The highest BCUT2D eigenvalue weighted by Crippen LogP contribution is 2.04. The molecule has 0 amide bonds. The van der Waals surface area contributed by atoms with Crippen molar-refractivity contribution >= 4 is 5.78 Å². The van der Waals surface area contributed by atoms with Gasteiger partial charge in [-0.05, 0) is 6.07 Å². The summed E-state index contributed by atoms with van der Waals surface area (Å²) in [6, 6.07) is 1.85. The Morgan fingerprint density at radius 1 is 1.24 bits per heavy atom. The molecular formula is C10H10N6O. The third-order valence-corrected chi connectivity index (χ3v) is 2.36. The van der Waals surface area contributed by atoms with Crippen LogP contribution in [0.25, 0.3) is 5.78 Å². The second-order valence-electron chi connectivity index (χ2n) is 3.62. The first-order valence-electron chi connectivity index (χ1n) is 5.13. The van der Waals surface area contributed by atoms with E-state index in [1.807, 2.05) is 22.9 Å². The van der Waals surface area contributed by atoms with E-state index < -0.39 is 0 Å². The van der Waals surface area contributed by atoms with Crippen LogP contribution >= 0.6 is 0 Å². The van der Waals surface area contributed by atoms with Crippen LogP contribution in [0.3, 0.4) is 0 Å². The molecule has 3 aromatic rings. The molecule has 0 atom stereocenters. The zero-order valence-corrected chi connectivity index (χ0v) is 8.93. The van der Waals surface area contributed by atoms with E-state index in [-0.39, 0.29) is 6.61 Å². The highest BCUT2D eigenvalue weighted by molar-refractivity contribution is 5.29. The van der Waals surface area contributed by atoms with Gasteiger partial charge in [0.2, 0.25) is 5.78 Å². The fourth-order valence-electron chi connectivity index (χ4n) is 1.61. The Hall–Kier alpha value is -2.28. The molecule has 0 aliphatic heterocycles. The number of imidazole rings is 1. The van der Waals surface area contributed by atoms with Crippen molar-refractivity contribution < 1.29 is 5.11 Å². The summed E-state index contributed by atoms with van der Waals surface area (Å²) in [7, 11) is 0. The monoisotopic (exact) mass is 230 g/mol. The van der Waals surface area contributed by atoms with Crippen LogP contribution in [0.5, 0.6) is 0 Å². The maximum atomic E-state index is 8.89. The minimum absolute atomic E-state index is 0.104. The maximum absolute atomic E-state index is 8.89. The SMILES string of the molecule is OCc1cn(Cc2cn3cccnc3n2)nn1. The Balaban J connectivity index is 1.89. The Labute approximate surface area is 96.4 Å². The standard InChI is InChI=1S/C10H10N6O/c17-7-9-6-16(14-13-9)5-8-4-15-3-1-2-11-10(15)12-8/h1-4,6,17H,5,7H2. The number of aliphatic hydroxyl groups excluding tert-OH is 1. The lowest BCUT2D eigenvalue weighted by Gasteiger charge is -1.93. The molecule has 0 fully saturated rings. The minimum Gasteiger partial charge on any atom is -0.390 e. The van der Waals surface area contributed by atoms with Crippen molar-refractivity contribution in [3.05, 3.63) is 42.2 Å². The number of hydrogen-bond acceptors (Lipinski definition) is 5. The van der Waals surface area contributed by atoms with E-state index in [0.29, 0.717) is 18.0 Å². The van der Waals surface area contributed by atoms with Crippen LogP contribution in [0.1, 0.15) is 11.4 Å². The van der Waals surface area contributed by atoms with Gasteiger partial charge in [-0.15, -0.1) is 5.10 Å². The number of aromatic nitrogens is 6. The van der Waals surface area contributed by atoms with Crippen molar-refractivity contribution in [3.63, 3.8) is 0 Å². The fourth-order valence-corrected chi connectivity index (χ4v) is 1.61. The molecule has 17 heavy (non-hydrogen) atoms. The molecule has 3 heterocycles. The Morgan fingerprint density at radius 3 is 2.94 bits per heavy atom. The molecule has 0 bridgehead atoms. The van der Waals surface area contributed by atoms with Crippen LogP contribution in [-0.4, -0.2) is 34.5 Å². The summed E-state index contributed by atoms with van der Waals surface area (Å²) in [5, 5.41) is 16.6. The Kier molecular flexibility index (Phi) is 2.30. The largest absolute Gasteiger partial charge is 0.390 e. The molecule has 1 N–H and O–H groups in total. The maximum Gasteiger partial charge on any atom is 0.233 e. The minimum atomic E-state index is -0.104. The smallest absolute Gasteiger partial charge is 0.233 e. The summed E-state index contributed by atoms with van der Waals surface area (Å²) >= 11 is 0. The summed E-state index contributed by atoms with van der Waals surface area (Å²) in [4.78, 5) is 8.48. The van der Waals surface area contributed by atoms with Gasteiger partial charge in [0.15, 0.2) is 0 Å². The van der Waals surface area contributed by atoms with E-state index in [2.05, 4.69) is 20.3 Å². The zero-order chi connectivity index (χ0) is 11.7. The van der Waals surface area contributed by atoms with E-state index >= 15 is 0 Å². The van der Waals surface area contributed by atoms with Crippen molar-refractivity contribution in [2.24, 2.45) is 0 Å². The third-order valence-electron chi connectivity index (χ3n) is 2.36. The van der Waals surface area contributed by atoms with Gasteiger partial charge in [-0.1, -0.05) is 5.21 Å². The first kappa shape index (κ1) is 9.91. The van der Waals surface area contributed by atoms with Crippen LogP contribution in [-0.2, 0) is 13.2 Å². The predicted molar refractivity (Wildman–Crippen MR) is 58.0 cm³/mol. The van der Waals surface area contributed by atoms with Crippen LogP contribution in [0.15, 0.2) is 30.9 Å². The molecule has 0 saturated heterocycles. The average Bonchev–Trinajstić information content (AvgIpc) is 2.94. The molecule has 0 unspecified atom stereocenters. The molecule has 86 valence electrons. The number of hydrogen-bond donors (Lipinski definition) is 1. The summed E-state index contributed by atoms with van der Waals surface area (Å²) in [5.74, 6) is 0.657. The molecular weight excluding hydrogens is 220 g/mol. The second kappa shape index (κ2) is 3.95. The fraction of sp³-hybridized carbons (Fsp3) is 0.200. The summed E-state index contributed by atoms with van der Waals surface area (Å²) in [6.07, 6.45) is 7.17. The normalized spacial score (nSPS) is 11.1.